The van der Waals surface area contributed by atoms with Gasteiger partial charge in [-0.3, -0.25) is 10.1 Å². The Labute approximate surface area is 134 Å². The van der Waals surface area contributed by atoms with E-state index in [9.17, 15) is 19.7 Å². The van der Waals surface area contributed by atoms with Crippen molar-refractivity contribution in [1.82, 2.24) is 0 Å². The van der Waals surface area contributed by atoms with Gasteiger partial charge < -0.3 is 14.8 Å². The number of nitro groups is 1. The number of non-ortho nitro benzene ring substituents is 1. The van der Waals surface area contributed by atoms with Crippen LogP contribution in [0.4, 0.5) is 11.4 Å². The number of ether oxygens (including phenoxy) is 2. The first-order chi connectivity index (χ1) is 10.3. The van der Waals surface area contributed by atoms with Gasteiger partial charge in [-0.2, -0.15) is 0 Å². The molecular weight excluding hydrogens is 360 g/mol. The van der Waals surface area contributed by atoms with Crippen molar-refractivity contribution >= 4 is 39.2 Å². The molecule has 0 atom stereocenters. The molecule has 22 heavy (non-hydrogen) atoms. The second-order valence-corrected chi connectivity index (χ2v) is 4.93. The average Bonchev–Trinajstić information content (AvgIpc) is 2.48. The van der Waals surface area contributed by atoms with Crippen molar-refractivity contribution in [1.29, 1.82) is 0 Å². The number of hydrogen-bond donors (Lipinski definition) is 1. The van der Waals surface area contributed by atoms with E-state index in [2.05, 4.69) is 30.7 Å². The fourth-order valence-electron chi connectivity index (χ4n) is 1.56. The number of anilines is 1. The Kier molecular flexibility index (Phi) is 6.05. The molecule has 118 valence electrons. The predicted octanol–water partition coefficient (Wildman–Crippen LogP) is 2.31. The molecule has 0 spiro atoms. The minimum absolute atomic E-state index is 0.105. The van der Waals surface area contributed by atoms with Crippen LogP contribution < -0.4 is 5.32 Å². The molecule has 0 aliphatic carbocycles. The topological polar surface area (TPSA) is 108 Å². The minimum Gasteiger partial charge on any atom is -0.466 e. The van der Waals surface area contributed by atoms with E-state index in [4.69, 9.17) is 0 Å². The molecule has 1 aromatic rings. The predicted molar refractivity (Wildman–Crippen MR) is 81.3 cm³/mol. The summed E-state index contributed by atoms with van der Waals surface area (Å²) < 4.78 is 9.39. The number of rotatable bonds is 5. The van der Waals surface area contributed by atoms with Gasteiger partial charge in [0.05, 0.1) is 30.9 Å². The molecule has 0 aromatic heterocycles. The van der Waals surface area contributed by atoms with Crippen LogP contribution in [0.25, 0.3) is 0 Å². The molecule has 1 N–H and O–H groups in total. The van der Waals surface area contributed by atoms with Crippen LogP contribution in [-0.2, 0) is 19.1 Å². The molecule has 0 saturated heterocycles. The number of hydrogen-bond acceptors (Lipinski definition) is 7. The second kappa shape index (κ2) is 7.55. The Morgan fingerprint density at radius 2 is 1.95 bits per heavy atom. The van der Waals surface area contributed by atoms with Gasteiger partial charge in [0.15, 0.2) is 0 Å². The third-order valence-corrected chi connectivity index (χ3v) is 3.24. The first kappa shape index (κ1) is 17.6. The number of nitrogens with one attached hydrogen (secondary N) is 1. The maximum atomic E-state index is 11.7. The van der Waals surface area contributed by atoms with Gasteiger partial charge in [0.2, 0.25) is 0 Å². The molecule has 0 radical (unpaired) electrons. The lowest BCUT2D eigenvalue weighted by Crippen LogP contribution is -2.16. The summed E-state index contributed by atoms with van der Waals surface area (Å²) in [7, 11) is 2.33. The number of nitro benzene ring substituents is 1. The Bertz CT molecular complexity index is 633. The van der Waals surface area contributed by atoms with Gasteiger partial charge in [-0.15, -0.1) is 0 Å². The van der Waals surface area contributed by atoms with Crippen molar-refractivity contribution in [2.45, 2.75) is 6.92 Å². The summed E-state index contributed by atoms with van der Waals surface area (Å²) in [5, 5.41) is 13.5. The standard InChI is InChI=1S/C13H13BrN2O6/c1-7-4-8(16(19)20)5-9(14)12(7)15-10(13(18)22-3)6-11(17)21-2/h4-6,15H,1-3H3/b10-6+. The van der Waals surface area contributed by atoms with Gasteiger partial charge in [-0.1, -0.05) is 0 Å². The lowest BCUT2D eigenvalue weighted by molar-refractivity contribution is -0.385. The summed E-state index contributed by atoms with van der Waals surface area (Å²) in [6, 6.07) is 2.61. The van der Waals surface area contributed by atoms with Crippen molar-refractivity contribution in [2.75, 3.05) is 19.5 Å². The van der Waals surface area contributed by atoms with Crippen molar-refractivity contribution in [2.24, 2.45) is 0 Å². The van der Waals surface area contributed by atoms with Crippen LogP contribution in [0.2, 0.25) is 0 Å². The highest BCUT2D eigenvalue weighted by Crippen LogP contribution is 2.32. The quantitative estimate of drug-likeness (QED) is 0.365. The molecule has 9 heteroatoms. The monoisotopic (exact) mass is 372 g/mol. The number of methoxy groups -OCH3 is 2. The van der Waals surface area contributed by atoms with Crippen LogP contribution in [0.3, 0.4) is 0 Å². The summed E-state index contributed by atoms with van der Waals surface area (Å²) >= 11 is 3.19. The van der Waals surface area contributed by atoms with Gasteiger partial charge in [0.1, 0.15) is 5.70 Å². The molecule has 0 aliphatic rings. The number of nitrogens with zero attached hydrogens (tertiary/aromatic N) is 1. The van der Waals surface area contributed by atoms with E-state index in [1.807, 2.05) is 0 Å². The van der Waals surface area contributed by atoms with E-state index in [0.717, 1.165) is 13.2 Å². The maximum absolute atomic E-state index is 11.7. The molecule has 0 fully saturated rings. The molecule has 0 bridgehead atoms. The fourth-order valence-corrected chi connectivity index (χ4v) is 2.20. The van der Waals surface area contributed by atoms with Crippen molar-refractivity contribution in [3.8, 4) is 0 Å². The maximum Gasteiger partial charge on any atom is 0.354 e. The highest BCUT2D eigenvalue weighted by Gasteiger charge is 2.18. The first-order valence-electron chi connectivity index (χ1n) is 5.89. The Hall–Kier alpha value is -2.42. The lowest BCUT2D eigenvalue weighted by Gasteiger charge is -2.13. The van der Waals surface area contributed by atoms with Crippen molar-refractivity contribution in [3.63, 3.8) is 0 Å². The minimum atomic E-state index is -0.782. The van der Waals surface area contributed by atoms with Crippen LogP contribution in [0.1, 0.15) is 5.56 Å². The SMILES string of the molecule is COC(=O)/C=C(/Nc1c(C)cc([N+](=O)[O-])cc1Br)C(=O)OC. The molecule has 1 aromatic carbocycles. The second-order valence-electron chi connectivity index (χ2n) is 4.07. The number of benzene rings is 1. The van der Waals surface area contributed by atoms with Crippen molar-refractivity contribution < 1.29 is 24.0 Å². The summed E-state index contributed by atoms with van der Waals surface area (Å²) in [6.07, 6.45) is 0.930. The Balaban J connectivity index is 3.24. The van der Waals surface area contributed by atoms with Gasteiger partial charge in [-0.05, 0) is 28.4 Å². The first-order valence-corrected chi connectivity index (χ1v) is 6.69. The zero-order valence-corrected chi connectivity index (χ0v) is 13.6. The van der Waals surface area contributed by atoms with Crippen LogP contribution in [0.15, 0.2) is 28.4 Å². The highest BCUT2D eigenvalue weighted by atomic mass is 79.9. The average molecular weight is 373 g/mol. The Morgan fingerprint density at radius 3 is 2.41 bits per heavy atom. The lowest BCUT2D eigenvalue weighted by atomic mass is 10.1. The fraction of sp³-hybridized carbons (Fsp3) is 0.231. The zero-order valence-electron chi connectivity index (χ0n) is 12.0. The van der Waals surface area contributed by atoms with E-state index in [0.29, 0.717) is 15.7 Å². The number of halogens is 1. The zero-order chi connectivity index (χ0) is 16.9. The van der Waals surface area contributed by atoms with E-state index < -0.39 is 16.9 Å². The number of esters is 2. The third-order valence-electron chi connectivity index (χ3n) is 2.61. The highest BCUT2D eigenvalue weighted by molar-refractivity contribution is 9.10. The van der Waals surface area contributed by atoms with Crippen LogP contribution in [0, 0.1) is 17.0 Å². The summed E-state index contributed by atoms with van der Waals surface area (Å²) in [6.45, 7) is 1.62. The van der Waals surface area contributed by atoms with E-state index in [1.54, 1.807) is 6.92 Å². The number of carbonyl (C=O) groups is 2. The number of aryl methyl sites for hydroxylation is 1. The molecule has 0 unspecified atom stereocenters. The normalized spacial score (nSPS) is 10.8. The van der Waals surface area contributed by atoms with Gasteiger partial charge in [0.25, 0.3) is 5.69 Å². The molecule has 0 amide bonds. The Morgan fingerprint density at radius 1 is 1.32 bits per heavy atom. The summed E-state index contributed by atoms with van der Waals surface area (Å²) in [5.74, 6) is -1.53. The number of carbonyl (C=O) groups excluding carboxylic acids is 2. The molecule has 0 aliphatic heterocycles. The third kappa shape index (κ3) is 4.29. The van der Waals surface area contributed by atoms with Crippen LogP contribution in [-0.4, -0.2) is 31.1 Å². The molecular formula is C13H13BrN2O6. The van der Waals surface area contributed by atoms with Crippen LogP contribution >= 0.6 is 15.9 Å². The van der Waals surface area contributed by atoms with E-state index >= 15 is 0 Å². The largest absolute Gasteiger partial charge is 0.466 e. The van der Waals surface area contributed by atoms with E-state index in [-0.39, 0.29) is 11.4 Å². The molecule has 0 saturated carbocycles. The summed E-state index contributed by atoms with van der Waals surface area (Å²) in [5.41, 5.74) is 0.630. The smallest absolute Gasteiger partial charge is 0.354 e. The molecule has 8 nitrogen and oxygen atoms in total. The van der Waals surface area contributed by atoms with Crippen molar-refractivity contribution in [3.05, 3.63) is 44.1 Å². The molecule has 1 rings (SSSR count). The summed E-state index contributed by atoms with van der Waals surface area (Å²) in [4.78, 5) is 33.2. The van der Waals surface area contributed by atoms with Gasteiger partial charge in [-0.25, -0.2) is 9.59 Å². The van der Waals surface area contributed by atoms with Gasteiger partial charge >= 0.3 is 11.9 Å². The molecule has 0 heterocycles. The van der Waals surface area contributed by atoms with Crippen LogP contribution in [0.5, 0.6) is 0 Å². The van der Waals surface area contributed by atoms with E-state index in [1.165, 1.54) is 19.2 Å². The van der Waals surface area contributed by atoms with Gasteiger partial charge in [0, 0.05) is 16.6 Å².